The predicted molar refractivity (Wildman–Crippen MR) is 162 cm³/mol. The molecule has 0 saturated carbocycles. The van der Waals surface area contributed by atoms with Crippen molar-refractivity contribution in [2.45, 2.75) is 30.8 Å². The number of likely N-dealkylation sites (N-methyl/N-ethyl adjacent to an activating group) is 1. The Bertz CT molecular complexity index is 1580. The first-order chi connectivity index (χ1) is 19.7. The van der Waals surface area contributed by atoms with Crippen molar-refractivity contribution in [2.24, 2.45) is 0 Å². The first kappa shape index (κ1) is 29.8. The van der Waals surface area contributed by atoms with Crippen LogP contribution in [0.1, 0.15) is 16.7 Å². The van der Waals surface area contributed by atoms with Crippen molar-refractivity contribution in [3.8, 4) is 0 Å². The number of anilines is 1. The van der Waals surface area contributed by atoms with Crippen LogP contribution >= 0.6 is 11.6 Å². The van der Waals surface area contributed by atoms with E-state index in [1.54, 1.807) is 60.7 Å². The third-order valence-electron chi connectivity index (χ3n) is 6.68. The Hall–Kier alpha value is -4.14. The van der Waals surface area contributed by atoms with Crippen LogP contribution in [0.25, 0.3) is 0 Å². The first-order valence-electron chi connectivity index (χ1n) is 13.1. The Morgan fingerprint density at radius 3 is 2.07 bits per heavy atom. The second-order valence-corrected chi connectivity index (χ2v) is 11.9. The van der Waals surface area contributed by atoms with Gasteiger partial charge in [-0.3, -0.25) is 13.9 Å². The maximum absolute atomic E-state index is 14.2. The van der Waals surface area contributed by atoms with Gasteiger partial charge in [0.05, 0.1) is 10.6 Å². The normalized spacial score (nSPS) is 11.9. The number of halogens is 1. The fraction of sp³-hybridized carbons (Fsp3) is 0.188. The summed E-state index contributed by atoms with van der Waals surface area (Å²) in [6.45, 7) is 1.43. The molecule has 1 N–H and O–H groups in total. The Labute approximate surface area is 246 Å². The lowest BCUT2D eigenvalue weighted by atomic mass is 10.0. The monoisotopic (exact) mass is 589 g/mol. The lowest BCUT2D eigenvalue weighted by molar-refractivity contribution is -0.139. The van der Waals surface area contributed by atoms with Gasteiger partial charge < -0.3 is 10.2 Å². The van der Waals surface area contributed by atoms with E-state index in [4.69, 9.17) is 11.6 Å². The Kier molecular flexibility index (Phi) is 9.81. The molecule has 41 heavy (non-hydrogen) atoms. The lowest BCUT2D eigenvalue weighted by Gasteiger charge is -2.33. The second kappa shape index (κ2) is 13.5. The Morgan fingerprint density at radius 2 is 1.46 bits per heavy atom. The number of aryl methyl sites for hydroxylation is 1. The highest BCUT2D eigenvalue weighted by Crippen LogP contribution is 2.26. The van der Waals surface area contributed by atoms with Crippen molar-refractivity contribution in [3.05, 3.63) is 131 Å². The van der Waals surface area contributed by atoms with Gasteiger partial charge in [-0.15, -0.1) is 0 Å². The van der Waals surface area contributed by atoms with Crippen LogP contribution < -0.4 is 9.62 Å². The van der Waals surface area contributed by atoms with E-state index in [0.717, 1.165) is 21.0 Å². The molecule has 0 spiro atoms. The van der Waals surface area contributed by atoms with Gasteiger partial charge in [-0.05, 0) is 60.0 Å². The molecule has 7 nitrogen and oxygen atoms in total. The summed E-state index contributed by atoms with van der Waals surface area (Å²) in [5, 5.41) is 3.22. The van der Waals surface area contributed by atoms with Crippen LogP contribution in [-0.2, 0) is 32.6 Å². The minimum absolute atomic E-state index is 0.0608. The molecule has 4 rings (SSSR count). The summed E-state index contributed by atoms with van der Waals surface area (Å²) in [5.41, 5.74) is 2.81. The summed E-state index contributed by atoms with van der Waals surface area (Å²) in [5.74, 6) is -0.880. The number of hydrogen-bond acceptors (Lipinski definition) is 4. The van der Waals surface area contributed by atoms with Crippen LogP contribution in [0.4, 0.5) is 5.69 Å². The van der Waals surface area contributed by atoms with E-state index in [0.29, 0.717) is 10.7 Å². The van der Waals surface area contributed by atoms with Gasteiger partial charge in [0, 0.05) is 25.0 Å². The van der Waals surface area contributed by atoms with Crippen LogP contribution in [0.2, 0.25) is 5.02 Å². The number of carbonyl (C=O) groups is 2. The van der Waals surface area contributed by atoms with E-state index in [2.05, 4.69) is 5.32 Å². The number of benzene rings is 4. The molecule has 1 atom stereocenters. The average Bonchev–Trinajstić information content (AvgIpc) is 2.99. The maximum atomic E-state index is 14.2. The molecule has 0 fully saturated rings. The molecule has 0 aromatic heterocycles. The Morgan fingerprint density at radius 1 is 0.829 bits per heavy atom. The fourth-order valence-corrected chi connectivity index (χ4v) is 6.09. The molecule has 2 amide bonds. The number of hydrogen-bond donors (Lipinski definition) is 1. The molecule has 1 unspecified atom stereocenters. The van der Waals surface area contributed by atoms with E-state index < -0.39 is 28.5 Å². The predicted octanol–water partition coefficient (Wildman–Crippen LogP) is 5.23. The first-order valence-corrected chi connectivity index (χ1v) is 14.9. The van der Waals surface area contributed by atoms with E-state index in [9.17, 15) is 18.0 Å². The molecule has 4 aromatic carbocycles. The number of sulfonamides is 1. The van der Waals surface area contributed by atoms with E-state index in [-0.39, 0.29) is 23.8 Å². The lowest BCUT2D eigenvalue weighted by Crippen LogP contribution is -2.53. The van der Waals surface area contributed by atoms with Crippen molar-refractivity contribution in [1.82, 2.24) is 10.2 Å². The van der Waals surface area contributed by atoms with Crippen LogP contribution in [-0.4, -0.2) is 44.8 Å². The standard InChI is InChI=1S/C32H32ClN3O4S/c1-24-10-9-13-28(20-24)36(41(39,40)29-14-7-4-8-15-29)23-31(37)35(22-26-16-18-27(33)19-17-26)30(32(38)34-2)21-25-11-5-3-6-12-25/h3-20,30H,21-23H2,1-2H3,(H,34,38). The molecule has 212 valence electrons. The van der Waals surface area contributed by atoms with Gasteiger partial charge in [-0.25, -0.2) is 8.42 Å². The summed E-state index contributed by atoms with van der Waals surface area (Å²) >= 11 is 6.09. The van der Waals surface area contributed by atoms with Gasteiger partial charge in [0.25, 0.3) is 10.0 Å². The Balaban J connectivity index is 1.78. The third-order valence-corrected chi connectivity index (χ3v) is 8.72. The van der Waals surface area contributed by atoms with E-state index >= 15 is 0 Å². The van der Waals surface area contributed by atoms with Crippen LogP contribution in [0.15, 0.2) is 114 Å². The minimum Gasteiger partial charge on any atom is -0.357 e. The van der Waals surface area contributed by atoms with Crippen LogP contribution in [0.5, 0.6) is 0 Å². The number of carbonyl (C=O) groups excluding carboxylic acids is 2. The summed E-state index contributed by atoms with van der Waals surface area (Å²) in [6, 6.07) is 30.5. The van der Waals surface area contributed by atoms with Gasteiger partial charge in [-0.2, -0.15) is 0 Å². The highest BCUT2D eigenvalue weighted by Gasteiger charge is 2.34. The molecule has 4 aromatic rings. The second-order valence-electron chi connectivity index (χ2n) is 9.63. The minimum atomic E-state index is -4.12. The van der Waals surface area contributed by atoms with Crippen LogP contribution in [0, 0.1) is 6.92 Å². The van der Waals surface area contributed by atoms with E-state index in [1.165, 1.54) is 24.1 Å². The highest BCUT2D eigenvalue weighted by molar-refractivity contribution is 7.92. The van der Waals surface area contributed by atoms with Crippen molar-refractivity contribution in [2.75, 3.05) is 17.9 Å². The van der Waals surface area contributed by atoms with Gasteiger partial charge in [0.2, 0.25) is 11.8 Å². The van der Waals surface area contributed by atoms with Gasteiger partial charge in [0.15, 0.2) is 0 Å². The number of amides is 2. The topological polar surface area (TPSA) is 86.8 Å². The van der Waals surface area contributed by atoms with Crippen molar-refractivity contribution in [3.63, 3.8) is 0 Å². The quantitative estimate of drug-likeness (QED) is 0.260. The molecule has 0 aliphatic heterocycles. The highest BCUT2D eigenvalue weighted by atomic mass is 35.5. The zero-order valence-electron chi connectivity index (χ0n) is 22.9. The van der Waals surface area contributed by atoms with Gasteiger partial charge in [-0.1, -0.05) is 84.4 Å². The molecular formula is C32H32ClN3O4S. The number of rotatable bonds is 11. The molecule has 0 saturated heterocycles. The molecule has 0 bridgehead atoms. The van der Waals surface area contributed by atoms with Crippen molar-refractivity contribution >= 4 is 39.1 Å². The largest absolute Gasteiger partial charge is 0.357 e. The summed E-state index contributed by atoms with van der Waals surface area (Å²) in [6.07, 6.45) is 0.246. The van der Waals surface area contributed by atoms with Crippen molar-refractivity contribution < 1.29 is 18.0 Å². The number of nitrogens with one attached hydrogen (secondary N) is 1. The zero-order valence-corrected chi connectivity index (χ0v) is 24.5. The van der Waals surface area contributed by atoms with Crippen LogP contribution in [0.3, 0.4) is 0 Å². The smallest absolute Gasteiger partial charge is 0.264 e. The molecule has 0 radical (unpaired) electrons. The van der Waals surface area contributed by atoms with Gasteiger partial charge in [0.1, 0.15) is 12.6 Å². The SMILES string of the molecule is CNC(=O)C(Cc1ccccc1)N(Cc1ccc(Cl)cc1)C(=O)CN(c1cccc(C)c1)S(=O)(=O)c1ccccc1. The molecule has 0 heterocycles. The maximum Gasteiger partial charge on any atom is 0.264 e. The summed E-state index contributed by atoms with van der Waals surface area (Å²) in [4.78, 5) is 29.0. The van der Waals surface area contributed by atoms with E-state index in [1.807, 2.05) is 43.3 Å². The average molecular weight is 590 g/mol. The summed E-state index contributed by atoms with van der Waals surface area (Å²) < 4.78 is 28.9. The molecule has 0 aliphatic carbocycles. The molecule has 0 aliphatic rings. The van der Waals surface area contributed by atoms with Crippen molar-refractivity contribution in [1.29, 1.82) is 0 Å². The number of nitrogens with zero attached hydrogens (tertiary/aromatic N) is 2. The molecular weight excluding hydrogens is 558 g/mol. The zero-order chi connectivity index (χ0) is 29.4. The van der Waals surface area contributed by atoms with Gasteiger partial charge >= 0.3 is 0 Å². The fourth-order valence-electron chi connectivity index (χ4n) is 4.54. The summed E-state index contributed by atoms with van der Waals surface area (Å²) in [7, 11) is -2.60. The third kappa shape index (κ3) is 7.54. The molecule has 9 heteroatoms.